The van der Waals surface area contributed by atoms with Gasteiger partial charge >= 0.3 is 17.9 Å². The fourth-order valence-corrected chi connectivity index (χ4v) is 14.0. The van der Waals surface area contributed by atoms with E-state index in [4.69, 9.17) is 4.74 Å². The number of carboxylic acid groups (broad SMARTS) is 2. The minimum absolute atomic E-state index is 0.00218. The predicted molar refractivity (Wildman–Crippen MR) is 192 cm³/mol. The van der Waals surface area contributed by atoms with E-state index in [0.717, 1.165) is 56.9 Å². The van der Waals surface area contributed by atoms with Crippen LogP contribution in [-0.4, -0.2) is 52.1 Å². The highest BCUT2D eigenvalue weighted by molar-refractivity contribution is 5.84. The van der Waals surface area contributed by atoms with Gasteiger partial charge in [0.2, 0.25) is 5.91 Å². The average molecular weight is 732 g/mol. The van der Waals surface area contributed by atoms with Crippen molar-refractivity contribution in [3.63, 3.8) is 0 Å². The lowest BCUT2D eigenvalue weighted by Crippen LogP contribution is -2.67. The number of esters is 1. The zero-order valence-corrected chi connectivity index (χ0v) is 32.7. The summed E-state index contributed by atoms with van der Waals surface area (Å²) in [6.45, 7) is 21.4. The van der Waals surface area contributed by atoms with Gasteiger partial charge in [-0.1, -0.05) is 46.8 Å². The van der Waals surface area contributed by atoms with Crippen LogP contribution in [0.5, 0.6) is 0 Å². The Morgan fingerprint density at radius 2 is 1.54 bits per heavy atom. The molecule has 8 nitrogen and oxygen atoms in total. The van der Waals surface area contributed by atoms with Crippen molar-refractivity contribution in [1.29, 1.82) is 0 Å². The van der Waals surface area contributed by atoms with Gasteiger partial charge in [0.25, 0.3) is 5.92 Å². The third kappa shape index (κ3) is 5.67. The van der Waals surface area contributed by atoms with Gasteiger partial charge in [-0.3, -0.25) is 19.2 Å². The molecule has 6 saturated carbocycles. The van der Waals surface area contributed by atoms with Crippen molar-refractivity contribution >= 4 is 23.8 Å². The average Bonchev–Trinajstić information content (AvgIpc) is 3.57. The van der Waals surface area contributed by atoms with E-state index in [9.17, 15) is 29.4 Å². The maximum Gasteiger partial charge on any atom is 0.309 e. The Kier molecular flexibility index (Phi) is 9.42. The van der Waals surface area contributed by atoms with E-state index in [-0.39, 0.29) is 64.3 Å². The third-order valence-corrected chi connectivity index (χ3v) is 17.1. The van der Waals surface area contributed by atoms with Crippen molar-refractivity contribution in [3.05, 3.63) is 12.2 Å². The Bertz CT molecular complexity index is 1520. The van der Waals surface area contributed by atoms with Crippen LogP contribution in [0.4, 0.5) is 8.78 Å². The first kappa shape index (κ1) is 39.2. The lowest BCUT2D eigenvalue weighted by atomic mass is 9.32. The Morgan fingerprint density at radius 3 is 2.13 bits per heavy atom. The predicted octanol–water partition coefficient (Wildman–Crippen LogP) is 8.67. The zero-order chi connectivity index (χ0) is 38.6. The highest BCUT2D eigenvalue weighted by Gasteiger charge is 2.72. The zero-order valence-electron chi connectivity index (χ0n) is 32.7. The molecule has 0 saturated heterocycles. The smallest absolute Gasteiger partial charge is 0.309 e. The molecule has 0 heterocycles. The molecule has 0 bridgehead atoms. The van der Waals surface area contributed by atoms with E-state index >= 15 is 8.78 Å². The Morgan fingerprint density at radius 1 is 0.865 bits per heavy atom. The molecule has 52 heavy (non-hydrogen) atoms. The maximum absolute atomic E-state index is 15.1. The van der Waals surface area contributed by atoms with Crippen molar-refractivity contribution in [2.75, 3.05) is 0 Å². The van der Waals surface area contributed by atoms with E-state index in [0.29, 0.717) is 24.7 Å². The minimum Gasteiger partial charge on any atom is -0.481 e. The second kappa shape index (κ2) is 12.5. The van der Waals surface area contributed by atoms with Crippen molar-refractivity contribution in [2.24, 2.45) is 68.0 Å². The number of aliphatic carboxylic acids is 2. The van der Waals surface area contributed by atoms with Crippen LogP contribution in [0.25, 0.3) is 0 Å². The first-order chi connectivity index (χ1) is 23.9. The van der Waals surface area contributed by atoms with E-state index < -0.39 is 53.0 Å². The number of rotatable bonds is 8. The number of alkyl halides is 2. The number of hydrogen-bond donors (Lipinski definition) is 3. The van der Waals surface area contributed by atoms with E-state index in [2.05, 4.69) is 46.5 Å². The summed E-state index contributed by atoms with van der Waals surface area (Å²) in [6, 6.07) is -1.47. The standard InChI is InChI=1S/C42H63F2NO7/c1-23(2)25-12-17-41(34(49)45-29-20-24(33(47)48)21-42(29,43)44)19-18-39(8)26(32(25)41)10-11-28-38(7)15-14-30(52-31(46)22-36(3,4)35(50)51)37(5,6)27(38)13-16-40(28,39)9/h24-30,32H,1,10-22H2,2-9H3,(H,45,49)(H,47,48)(H,50,51). The lowest BCUT2D eigenvalue weighted by molar-refractivity contribution is -0.249. The fourth-order valence-electron chi connectivity index (χ4n) is 14.0. The Balaban J connectivity index is 1.26. The number of amides is 1. The number of fused-ring (bicyclic) bond motifs is 7. The van der Waals surface area contributed by atoms with Gasteiger partial charge in [0.1, 0.15) is 6.10 Å². The molecule has 0 radical (unpaired) electrons. The number of carboxylic acids is 2. The highest BCUT2D eigenvalue weighted by Crippen LogP contribution is 2.77. The van der Waals surface area contributed by atoms with Crippen LogP contribution >= 0.6 is 0 Å². The van der Waals surface area contributed by atoms with Crippen molar-refractivity contribution in [1.82, 2.24) is 5.32 Å². The van der Waals surface area contributed by atoms with Gasteiger partial charge in [-0.15, -0.1) is 0 Å². The van der Waals surface area contributed by atoms with Crippen LogP contribution in [0, 0.1) is 68.0 Å². The number of ether oxygens (including phenoxy) is 1. The summed E-state index contributed by atoms with van der Waals surface area (Å²) in [6.07, 6.45) is 7.02. The van der Waals surface area contributed by atoms with E-state index in [1.165, 1.54) is 0 Å². The van der Waals surface area contributed by atoms with Crippen molar-refractivity contribution < 1.29 is 42.9 Å². The number of carbonyl (C=O) groups excluding carboxylic acids is 2. The van der Waals surface area contributed by atoms with Crippen LogP contribution in [0.3, 0.4) is 0 Å². The monoisotopic (exact) mass is 731 g/mol. The molecule has 0 spiro atoms. The van der Waals surface area contributed by atoms with Crippen molar-refractivity contribution in [3.8, 4) is 0 Å². The first-order valence-corrected chi connectivity index (χ1v) is 19.9. The molecule has 6 aliphatic rings. The molecule has 6 aliphatic carbocycles. The first-order valence-electron chi connectivity index (χ1n) is 19.9. The van der Waals surface area contributed by atoms with Gasteiger partial charge in [0.15, 0.2) is 0 Å². The van der Waals surface area contributed by atoms with Gasteiger partial charge in [-0.05, 0) is 137 Å². The quantitative estimate of drug-likeness (QED) is 0.168. The summed E-state index contributed by atoms with van der Waals surface area (Å²) < 4.78 is 36.4. The Labute approximate surface area is 308 Å². The maximum atomic E-state index is 15.1. The van der Waals surface area contributed by atoms with Crippen LogP contribution in [0.15, 0.2) is 12.2 Å². The Hall–Kier alpha value is -2.52. The number of nitrogens with one attached hydrogen (secondary N) is 1. The molecule has 0 aromatic heterocycles. The molecule has 0 aromatic carbocycles. The molecule has 12 unspecified atom stereocenters. The molecule has 3 N–H and O–H groups in total. The summed E-state index contributed by atoms with van der Waals surface area (Å²) in [7, 11) is 0. The van der Waals surface area contributed by atoms with E-state index in [1.807, 2.05) is 6.92 Å². The molecule has 10 heteroatoms. The van der Waals surface area contributed by atoms with Gasteiger partial charge in [0.05, 0.1) is 29.2 Å². The molecule has 292 valence electrons. The number of allylic oxidation sites excluding steroid dienone is 1. The number of carbonyl (C=O) groups is 4. The largest absolute Gasteiger partial charge is 0.481 e. The van der Waals surface area contributed by atoms with Crippen LogP contribution < -0.4 is 5.32 Å². The highest BCUT2D eigenvalue weighted by atomic mass is 19.3. The fraction of sp³-hybridized carbons (Fsp3) is 0.857. The SMILES string of the molecule is C=C(C)C1CCC2(C(=O)NC3CC(C(=O)O)CC3(F)F)CCC3(C)C(CCC4C5(C)CCC(OC(=O)CC(C)(C)C(=O)O)C(C)(C)C5CCC43C)C12. The summed E-state index contributed by atoms with van der Waals surface area (Å²) in [5.74, 6) is -6.42. The number of hydrogen-bond acceptors (Lipinski definition) is 5. The topological polar surface area (TPSA) is 130 Å². The minimum atomic E-state index is -3.26. The van der Waals surface area contributed by atoms with Gasteiger partial charge in [-0.2, -0.15) is 0 Å². The summed E-state index contributed by atoms with van der Waals surface area (Å²) in [4.78, 5) is 50.9. The molecule has 0 aliphatic heterocycles. The van der Waals surface area contributed by atoms with Crippen LogP contribution in [-0.2, 0) is 23.9 Å². The summed E-state index contributed by atoms with van der Waals surface area (Å²) in [5, 5.41) is 21.8. The van der Waals surface area contributed by atoms with Crippen molar-refractivity contribution in [2.45, 2.75) is 157 Å². The molecule has 6 rings (SSSR count). The normalized spacial score (nSPS) is 44.7. The summed E-state index contributed by atoms with van der Waals surface area (Å²) in [5.41, 5.74) is -1.34. The van der Waals surface area contributed by atoms with Crippen LogP contribution in [0.1, 0.15) is 139 Å². The van der Waals surface area contributed by atoms with Crippen LogP contribution in [0.2, 0.25) is 0 Å². The van der Waals surface area contributed by atoms with Gasteiger partial charge in [-0.25, -0.2) is 8.78 Å². The number of halogens is 2. The molecule has 0 aromatic rings. The second-order valence-electron chi connectivity index (χ2n) is 20.3. The lowest BCUT2D eigenvalue weighted by Gasteiger charge is -2.72. The molecule has 1 amide bonds. The molecule has 6 fully saturated rings. The van der Waals surface area contributed by atoms with E-state index in [1.54, 1.807) is 13.8 Å². The second-order valence-corrected chi connectivity index (χ2v) is 20.3. The molecular weight excluding hydrogens is 668 g/mol. The summed E-state index contributed by atoms with van der Waals surface area (Å²) >= 11 is 0. The van der Waals surface area contributed by atoms with Gasteiger partial charge < -0.3 is 20.3 Å². The molecular formula is C42H63F2NO7. The van der Waals surface area contributed by atoms with Gasteiger partial charge in [0, 0.05) is 11.8 Å². The molecule has 12 atom stereocenters. The third-order valence-electron chi connectivity index (χ3n) is 17.1.